The van der Waals surface area contributed by atoms with Crippen LogP contribution >= 0.6 is 11.9 Å². The van der Waals surface area contributed by atoms with Crippen LogP contribution in [0, 0.1) is 0 Å². The molecule has 1 atom stereocenters. The lowest BCUT2D eigenvalue weighted by Crippen LogP contribution is -2.48. The lowest BCUT2D eigenvalue weighted by atomic mass is 10.3. The van der Waals surface area contributed by atoms with Crippen LogP contribution in [0.25, 0.3) is 0 Å². The van der Waals surface area contributed by atoms with Gasteiger partial charge in [0.2, 0.25) is 0 Å². The number of hydroxylamine groups is 2. The van der Waals surface area contributed by atoms with Crippen molar-refractivity contribution in [3.8, 4) is 0 Å². The molecule has 0 bridgehead atoms. The van der Waals surface area contributed by atoms with E-state index >= 15 is 0 Å². The zero-order valence-electron chi connectivity index (χ0n) is 5.12. The summed E-state index contributed by atoms with van der Waals surface area (Å²) in [6.07, 6.45) is 1.52. The highest BCUT2D eigenvalue weighted by atomic mass is 32.2. The van der Waals surface area contributed by atoms with Gasteiger partial charge in [-0.05, 0) is 6.42 Å². The van der Waals surface area contributed by atoms with Gasteiger partial charge < -0.3 is 0 Å². The van der Waals surface area contributed by atoms with Crippen molar-refractivity contribution in [3.63, 3.8) is 0 Å². The van der Waals surface area contributed by atoms with Crippen LogP contribution in [-0.4, -0.2) is 30.1 Å². The summed E-state index contributed by atoms with van der Waals surface area (Å²) in [6.45, 7) is 1.95. The van der Waals surface area contributed by atoms with Crippen molar-refractivity contribution in [2.24, 2.45) is 0 Å². The molecule has 0 saturated carbocycles. The van der Waals surface area contributed by atoms with E-state index in [0.717, 1.165) is 25.3 Å². The van der Waals surface area contributed by atoms with Gasteiger partial charge in [-0.2, -0.15) is 9.79 Å². The Morgan fingerprint density at radius 1 is 1.67 bits per heavy atom. The maximum Gasteiger partial charge on any atom is 0.113 e. The lowest BCUT2D eigenvalue weighted by Gasteiger charge is -2.33. The van der Waals surface area contributed by atoms with Crippen molar-refractivity contribution in [1.82, 2.24) is 9.79 Å². The van der Waals surface area contributed by atoms with Crippen LogP contribution in [-0.2, 0) is 4.84 Å². The molecule has 1 radical (unpaired) electrons. The molecule has 0 aromatic rings. The maximum absolute atomic E-state index is 5.14. The molecule has 2 heterocycles. The Hall–Kier alpha value is 0.230. The van der Waals surface area contributed by atoms with Crippen molar-refractivity contribution in [1.29, 1.82) is 0 Å². The normalized spacial score (nSPS) is 36.7. The van der Waals surface area contributed by atoms with Crippen molar-refractivity contribution in [2.45, 2.75) is 12.6 Å². The zero-order valence-corrected chi connectivity index (χ0v) is 5.93. The van der Waals surface area contributed by atoms with Gasteiger partial charge in [0.1, 0.15) is 6.17 Å². The molecule has 2 saturated heterocycles. The van der Waals surface area contributed by atoms with Gasteiger partial charge >= 0.3 is 0 Å². The van der Waals surface area contributed by atoms with E-state index in [1.807, 2.05) is 5.06 Å². The highest BCUT2D eigenvalue weighted by molar-refractivity contribution is 7.97. The van der Waals surface area contributed by atoms with Gasteiger partial charge in [-0.3, -0.25) is 4.84 Å². The summed E-state index contributed by atoms with van der Waals surface area (Å²) in [4.78, 5) is 5.14. The van der Waals surface area contributed by atoms with Gasteiger partial charge in [0.25, 0.3) is 0 Å². The molecule has 1 unspecified atom stereocenters. The standard InChI is InChI=1S/C5H9N2OS/c1-4-9-6-5(1)7-2-3-8-7/h5H,1-4H2. The molecule has 0 N–H and O–H groups in total. The monoisotopic (exact) mass is 145 g/mol. The average molecular weight is 145 g/mol. The second-order valence-electron chi connectivity index (χ2n) is 2.18. The Bertz CT molecular complexity index is 101. The molecule has 0 amide bonds. The van der Waals surface area contributed by atoms with Crippen LogP contribution in [0.5, 0.6) is 0 Å². The fraction of sp³-hybridized carbons (Fsp3) is 1.00. The van der Waals surface area contributed by atoms with Crippen LogP contribution in [0.15, 0.2) is 0 Å². The van der Waals surface area contributed by atoms with Crippen LogP contribution < -0.4 is 4.72 Å². The van der Waals surface area contributed by atoms with Gasteiger partial charge in [0.05, 0.1) is 13.2 Å². The SMILES string of the molecule is C1CN(C2CCS[N]2)O1. The third-order valence-electron chi connectivity index (χ3n) is 1.56. The van der Waals surface area contributed by atoms with Crippen molar-refractivity contribution in [2.75, 3.05) is 18.9 Å². The van der Waals surface area contributed by atoms with E-state index in [2.05, 4.69) is 4.72 Å². The second-order valence-corrected chi connectivity index (χ2v) is 3.06. The summed E-state index contributed by atoms with van der Waals surface area (Å²) in [5, 5.41) is 1.96. The summed E-state index contributed by atoms with van der Waals surface area (Å²) >= 11 is 1.66. The molecule has 4 heteroatoms. The van der Waals surface area contributed by atoms with Crippen LogP contribution in [0.1, 0.15) is 6.42 Å². The highest BCUT2D eigenvalue weighted by Crippen LogP contribution is 2.21. The molecule has 2 aliphatic heterocycles. The third-order valence-corrected chi connectivity index (χ3v) is 2.38. The number of nitrogens with zero attached hydrogens (tertiary/aromatic N) is 2. The molecule has 0 aromatic heterocycles. The van der Waals surface area contributed by atoms with Gasteiger partial charge in [-0.25, -0.2) is 0 Å². The third kappa shape index (κ3) is 1.08. The molecule has 2 fully saturated rings. The van der Waals surface area contributed by atoms with Crippen LogP contribution in [0.2, 0.25) is 0 Å². The molecule has 51 valence electrons. The van der Waals surface area contributed by atoms with E-state index < -0.39 is 0 Å². The predicted octanol–water partition coefficient (Wildman–Crippen LogP) is 0.216. The molecule has 0 spiro atoms. The molecule has 9 heavy (non-hydrogen) atoms. The quantitative estimate of drug-likeness (QED) is 0.494. The smallest absolute Gasteiger partial charge is 0.113 e. The first-order valence-corrected chi connectivity index (χ1v) is 4.13. The first kappa shape index (κ1) is 5.97. The lowest BCUT2D eigenvalue weighted by molar-refractivity contribution is -0.271. The number of hydrogen-bond acceptors (Lipinski definition) is 3. The summed E-state index contributed by atoms with van der Waals surface area (Å²) in [5.41, 5.74) is 0. The Morgan fingerprint density at radius 2 is 2.56 bits per heavy atom. The summed E-state index contributed by atoms with van der Waals surface area (Å²) < 4.78 is 4.28. The maximum atomic E-state index is 5.14. The highest BCUT2D eigenvalue weighted by Gasteiger charge is 2.29. The Kier molecular flexibility index (Phi) is 1.63. The van der Waals surface area contributed by atoms with E-state index in [9.17, 15) is 0 Å². The molecular formula is C5H9N2OS. The Balaban J connectivity index is 1.82. The molecule has 0 aliphatic carbocycles. The fourth-order valence-electron chi connectivity index (χ4n) is 0.978. The van der Waals surface area contributed by atoms with Gasteiger partial charge in [-0.1, -0.05) is 11.9 Å². The Labute approximate surface area is 58.8 Å². The molecule has 2 aliphatic rings. The molecule has 0 aromatic carbocycles. The summed E-state index contributed by atoms with van der Waals surface area (Å²) in [5.74, 6) is 1.16. The van der Waals surface area contributed by atoms with Crippen LogP contribution in [0.3, 0.4) is 0 Å². The summed E-state index contributed by atoms with van der Waals surface area (Å²) in [7, 11) is 0. The molecule has 2 rings (SSSR count). The molecule has 3 nitrogen and oxygen atoms in total. The fourth-order valence-corrected chi connectivity index (χ4v) is 1.78. The average Bonchev–Trinajstić information content (AvgIpc) is 2.11. The van der Waals surface area contributed by atoms with E-state index in [1.165, 1.54) is 0 Å². The van der Waals surface area contributed by atoms with Crippen molar-refractivity contribution < 1.29 is 4.84 Å². The topological polar surface area (TPSA) is 26.6 Å². The van der Waals surface area contributed by atoms with Crippen molar-refractivity contribution >= 4 is 11.9 Å². The van der Waals surface area contributed by atoms with E-state index in [-0.39, 0.29) is 0 Å². The van der Waals surface area contributed by atoms with Gasteiger partial charge in [-0.15, -0.1) is 0 Å². The van der Waals surface area contributed by atoms with E-state index in [4.69, 9.17) is 4.84 Å². The first-order valence-electron chi connectivity index (χ1n) is 3.18. The van der Waals surface area contributed by atoms with E-state index in [0.29, 0.717) is 6.17 Å². The number of rotatable bonds is 1. The minimum absolute atomic E-state index is 0.365. The van der Waals surface area contributed by atoms with E-state index in [1.54, 1.807) is 11.9 Å². The van der Waals surface area contributed by atoms with Crippen LogP contribution in [0.4, 0.5) is 0 Å². The van der Waals surface area contributed by atoms with Gasteiger partial charge in [0, 0.05) is 5.75 Å². The second kappa shape index (κ2) is 2.46. The largest absolute Gasteiger partial charge is 0.296 e. The predicted molar refractivity (Wildman–Crippen MR) is 35.7 cm³/mol. The first-order chi connectivity index (χ1) is 4.47. The molecular weight excluding hydrogens is 136 g/mol. The van der Waals surface area contributed by atoms with Gasteiger partial charge in [0.15, 0.2) is 0 Å². The zero-order chi connectivity index (χ0) is 6.10. The van der Waals surface area contributed by atoms with Crippen molar-refractivity contribution in [3.05, 3.63) is 0 Å². The summed E-state index contributed by atoms with van der Waals surface area (Å²) in [6, 6.07) is 0. The number of hydrogen-bond donors (Lipinski definition) is 0. The Morgan fingerprint density at radius 3 is 3.00 bits per heavy atom. The minimum Gasteiger partial charge on any atom is -0.296 e. The minimum atomic E-state index is 0.365.